The minimum Gasteiger partial charge on any atom is -0.350 e. The van der Waals surface area contributed by atoms with Gasteiger partial charge in [-0.1, -0.05) is 18.2 Å². The fraction of sp³-hybridized carbons (Fsp3) is 0.467. The smallest absolute Gasteiger partial charge is 0.0510 e. The fourth-order valence-corrected chi connectivity index (χ4v) is 3.12. The van der Waals surface area contributed by atoms with Crippen molar-refractivity contribution in [2.45, 2.75) is 13.0 Å². The van der Waals surface area contributed by atoms with Gasteiger partial charge in [0.05, 0.1) is 5.52 Å². The molecule has 2 heterocycles. The number of aryl methyl sites for hydroxylation is 2. The second kappa shape index (κ2) is 4.41. The van der Waals surface area contributed by atoms with Crippen LogP contribution in [0.1, 0.15) is 17.2 Å². The zero-order valence-electron chi connectivity index (χ0n) is 11.4. The summed E-state index contributed by atoms with van der Waals surface area (Å²) in [5.41, 5.74) is 4.17. The maximum Gasteiger partial charge on any atom is 0.0510 e. The summed E-state index contributed by atoms with van der Waals surface area (Å²) < 4.78 is 2.27. The summed E-state index contributed by atoms with van der Waals surface area (Å²) in [5, 5.41) is 4.90. The Balaban J connectivity index is 2.15. The summed E-state index contributed by atoms with van der Waals surface area (Å²) in [7, 11) is 4.37. The first-order valence-electron chi connectivity index (χ1n) is 6.64. The van der Waals surface area contributed by atoms with E-state index in [1.165, 1.54) is 22.0 Å². The molecule has 0 radical (unpaired) electrons. The van der Waals surface area contributed by atoms with Crippen LogP contribution in [0, 0.1) is 6.92 Å². The number of nitrogens with one attached hydrogen (secondary N) is 1. The van der Waals surface area contributed by atoms with Crippen LogP contribution in [-0.4, -0.2) is 36.1 Å². The van der Waals surface area contributed by atoms with E-state index in [1.807, 2.05) is 0 Å². The lowest BCUT2D eigenvalue weighted by atomic mass is 10.0. The van der Waals surface area contributed by atoms with Gasteiger partial charge >= 0.3 is 0 Å². The number of likely N-dealkylation sites (N-methyl/N-ethyl adjacent to an activating group) is 1. The van der Waals surface area contributed by atoms with Gasteiger partial charge in [0.15, 0.2) is 0 Å². The molecule has 2 aromatic rings. The van der Waals surface area contributed by atoms with Gasteiger partial charge in [-0.15, -0.1) is 0 Å². The molecule has 1 atom stereocenters. The first kappa shape index (κ1) is 11.8. The van der Waals surface area contributed by atoms with Crippen LogP contribution in [0.5, 0.6) is 0 Å². The van der Waals surface area contributed by atoms with E-state index in [2.05, 4.69) is 60.2 Å². The minimum atomic E-state index is 0.490. The van der Waals surface area contributed by atoms with Crippen molar-refractivity contribution in [2.24, 2.45) is 7.05 Å². The number of hydrogen-bond donors (Lipinski definition) is 1. The molecule has 1 aliphatic heterocycles. The van der Waals surface area contributed by atoms with Crippen molar-refractivity contribution in [1.29, 1.82) is 0 Å². The van der Waals surface area contributed by atoms with Gasteiger partial charge in [0.1, 0.15) is 0 Å². The van der Waals surface area contributed by atoms with Crippen LogP contribution in [-0.2, 0) is 7.05 Å². The molecule has 1 unspecified atom stereocenters. The number of fused-ring (bicyclic) bond motifs is 1. The Kier molecular flexibility index (Phi) is 2.88. The van der Waals surface area contributed by atoms with Gasteiger partial charge in [0.25, 0.3) is 0 Å². The largest absolute Gasteiger partial charge is 0.350 e. The highest BCUT2D eigenvalue weighted by Crippen LogP contribution is 2.31. The molecule has 1 N–H and O–H groups in total. The van der Waals surface area contributed by atoms with Gasteiger partial charge in [0, 0.05) is 44.3 Å². The summed E-state index contributed by atoms with van der Waals surface area (Å²) >= 11 is 0. The molecular formula is C15H21N3. The fourth-order valence-electron chi connectivity index (χ4n) is 3.12. The van der Waals surface area contributed by atoms with E-state index in [4.69, 9.17) is 0 Å². The predicted octanol–water partition coefficient (Wildman–Crippen LogP) is 2.06. The first-order chi connectivity index (χ1) is 8.68. The number of aromatic nitrogens is 1. The van der Waals surface area contributed by atoms with Gasteiger partial charge < -0.3 is 9.88 Å². The van der Waals surface area contributed by atoms with Crippen molar-refractivity contribution in [2.75, 3.05) is 26.7 Å². The Morgan fingerprint density at radius 1 is 1.28 bits per heavy atom. The molecule has 3 nitrogen and oxygen atoms in total. The molecule has 0 bridgehead atoms. The topological polar surface area (TPSA) is 20.2 Å². The molecular weight excluding hydrogens is 222 g/mol. The van der Waals surface area contributed by atoms with E-state index in [0.717, 1.165) is 19.6 Å². The molecule has 1 aromatic carbocycles. The second-order valence-electron chi connectivity index (χ2n) is 5.37. The van der Waals surface area contributed by atoms with Gasteiger partial charge in [-0.05, 0) is 25.1 Å². The Hall–Kier alpha value is -1.32. The molecule has 1 aromatic heterocycles. The SMILES string of the molecule is Cc1cccc2c(C3CNCCN3C)cn(C)c12. The predicted molar refractivity (Wildman–Crippen MR) is 75.9 cm³/mol. The molecule has 1 saturated heterocycles. The lowest BCUT2D eigenvalue weighted by molar-refractivity contribution is 0.203. The van der Waals surface area contributed by atoms with Crippen molar-refractivity contribution in [3.05, 3.63) is 35.5 Å². The van der Waals surface area contributed by atoms with Crippen LogP contribution >= 0.6 is 0 Å². The summed E-state index contributed by atoms with van der Waals surface area (Å²) in [4.78, 5) is 2.45. The number of rotatable bonds is 1. The Morgan fingerprint density at radius 3 is 2.89 bits per heavy atom. The second-order valence-corrected chi connectivity index (χ2v) is 5.37. The van der Waals surface area contributed by atoms with Crippen molar-refractivity contribution in [3.63, 3.8) is 0 Å². The van der Waals surface area contributed by atoms with Crippen molar-refractivity contribution >= 4 is 10.9 Å². The third-order valence-corrected chi connectivity index (χ3v) is 4.10. The zero-order chi connectivity index (χ0) is 12.7. The average Bonchev–Trinajstić information content (AvgIpc) is 2.69. The molecule has 96 valence electrons. The summed E-state index contributed by atoms with van der Waals surface area (Å²) in [6.45, 7) is 5.45. The standard InChI is InChI=1S/C15H21N3/c1-11-5-4-6-12-13(10-18(3)15(11)12)14-9-16-7-8-17(14)2/h4-6,10,14,16H,7-9H2,1-3H3. The summed E-state index contributed by atoms with van der Waals surface area (Å²) in [5.74, 6) is 0. The van der Waals surface area contributed by atoms with Crippen LogP contribution in [0.15, 0.2) is 24.4 Å². The number of nitrogens with zero attached hydrogens (tertiary/aromatic N) is 2. The lowest BCUT2D eigenvalue weighted by Crippen LogP contribution is -2.43. The Morgan fingerprint density at radius 2 is 2.11 bits per heavy atom. The lowest BCUT2D eigenvalue weighted by Gasteiger charge is -2.33. The molecule has 1 aliphatic rings. The van der Waals surface area contributed by atoms with Crippen LogP contribution in [0.2, 0.25) is 0 Å². The molecule has 0 amide bonds. The molecule has 0 saturated carbocycles. The highest BCUT2D eigenvalue weighted by atomic mass is 15.2. The third kappa shape index (κ3) is 1.74. The highest BCUT2D eigenvalue weighted by molar-refractivity contribution is 5.87. The van der Waals surface area contributed by atoms with E-state index in [0.29, 0.717) is 6.04 Å². The van der Waals surface area contributed by atoms with Gasteiger partial charge in [-0.2, -0.15) is 0 Å². The van der Waals surface area contributed by atoms with Gasteiger partial charge in [-0.3, -0.25) is 4.90 Å². The van der Waals surface area contributed by atoms with E-state index in [1.54, 1.807) is 0 Å². The maximum absolute atomic E-state index is 3.50. The average molecular weight is 243 g/mol. The van der Waals surface area contributed by atoms with Crippen molar-refractivity contribution < 1.29 is 0 Å². The molecule has 0 spiro atoms. The highest BCUT2D eigenvalue weighted by Gasteiger charge is 2.23. The van der Waals surface area contributed by atoms with E-state index in [-0.39, 0.29) is 0 Å². The van der Waals surface area contributed by atoms with E-state index >= 15 is 0 Å². The van der Waals surface area contributed by atoms with Gasteiger partial charge in [0.2, 0.25) is 0 Å². The number of hydrogen-bond acceptors (Lipinski definition) is 2. The number of piperazine rings is 1. The van der Waals surface area contributed by atoms with Crippen LogP contribution in [0.25, 0.3) is 10.9 Å². The van der Waals surface area contributed by atoms with E-state index < -0.39 is 0 Å². The van der Waals surface area contributed by atoms with Crippen LogP contribution < -0.4 is 5.32 Å². The monoisotopic (exact) mass is 243 g/mol. The first-order valence-corrected chi connectivity index (χ1v) is 6.64. The van der Waals surface area contributed by atoms with Crippen molar-refractivity contribution in [3.8, 4) is 0 Å². The van der Waals surface area contributed by atoms with Crippen LogP contribution in [0.3, 0.4) is 0 Å². The Bertz CT molecular complexity index is 570. The molecule has 3 heteroatoms. The van der Waals surface area contributed by atoms with Gasteiger partial charge in [-0.25, -0.2) is 0 Å². The van der Waals surface area contributed by atoms with Crippen molar-refractivity contribution in [1.82, 2.24) is 14.8 Å². The molecule has 0 aliphatic carbocycles. The molecule has 3 rings (SSSR count). The number of para-hydroxylation sites is 1. The molecule has 18 heavy (non-hydrogen) atoms. The summed E-state index contributed by atoms with van der Waals surface area (Å²) in [6, 6.07) is 7.09. The van der Waals surface area contributed by atoms with E-state index in [9.17, 15) is 0 Å². The third-order valence-electron chi connectivity index (χ3n) is 4.10. The zero-order valence-corrected chi connectivity index (χ0v) is 11.4. The Labute approximate surface area is 108 Å². The summed E-state index contributed by atoms with van der Waals surface area (Å²) in [6.07, 6.45) is 2.30. The number of benzene rings is 1. The van der Waals surface area contributed by atoms with Crippen LogP contribution in [0.4, 0.5) is 0 Å². The quantitative estimate of drug-likeness (QED) is 0.827. The maximum atomic E-state index is 3.50. The minimum absolute atomic E-state index is 0.490. The normalized spacial score (nSPS) is 21.6. The molecule has 1 fully saturated rings.